The van der Waals surface area contributed by atoms with Crippen LogP contribution >= 0.6 is 0 Å². The van der Waals surface area contributed by atoms with Crippen LogP contribution in [0.25, 0.3) is 11.1 Å². The van der Waals surface area contributed by atoms with Crippen LogP contribution in [0.15, 0.2) is 22.6 Å². The molecule has 0 aliphatic carbocycles. The molecule has 1 N–H and O–H groups in total. The lowest BCUT2D eigenvalue weighted by Crippen LogP contribution is -2.25. The van der Waals surface area contributed by atoms with Crippen LogP contribution in [-0.4, -0.2) is 31.2 Å². The van der Waals surface area contributed by atoms with Gasteiger partial charge in [-0.2, -0.15) is 4.98 Å². The van der Waals surface area contributed by atoms with E-state index in [0.717, 1.165) is 26.2 Å². The number of fused-ring (bicyclic) bond motifs is 2. The predicted molar refractivity (Wildman–Crippen MR) is 66.0 cm³/mol. The molecule has 2 fully saturated rings. The lowest BCUT2D eigenvalue weighted by atomic mass is 10.0. The average molecular weight is 247 g/mol. The number of aromatic nitrogens is 1. The van der Waals surface area contributed by atoms with Gasteiger partial charge in [0.2, 0.25) is 0 Å². The van der Waals surface area contributed by atoms with Gasteiger partial charge < -0.3 is 14.6 Å². The number of hydrogen-bond donors (Lipinski definition) is 1. The molecule has 0 saturated carbocycles. The summed E-state index contributed by atoms with van der Waals surface area (Å²) in [4.78, 5) is 6.56. The number of hydrogen-bond acceptors (Lipinski definition) is 4. The molecule has 5 heteroatoms. The number of nitrogens with one attached hydrogen (secondary N) is 1. The number of oxazole rings is 1. The largest absolute Gasteiger partial charge is 0.423 e. The van der Waals surface area contributed by atoms with Crippen molar-refractivity contribution in [1.82, 2.24) is 10.3 Å². The maximum atomic E-state index is 13.1. The molecule has 0 bridgehead atoms. The second kappa shape index (κ2) is 3.68. The van der Waals surface area contributed by atoms with Crippen molar-refractivity contribution in [2.45, 2.75) is 0 Å². The average Bonchev–Trinajstić information content (AvgIpc) is 2.99. The Labute approximate surface area is 104 Å². The number of nitrogens with zero attached hydrogens (tertiary/aromatic N) is 2. The molecule has 0 spiro atoms. The molecular formula is C13H14FN3O. The van der Waals surface area contributed by atoms with Crippen molar-refractivity contribution < 1.29 is 8.81 Å². The fourth-order valence-corrected chi connectivity index (χ4v) is 3.04. The summed E-state index contributed by atoms with van der Waals surface area (Å²) in [6.07, 6.45) is 0. The van der Waals surface area contributed by atoms with E-state index >= 15 is 0 Å². The highest BCUT2D eigenvalue weighted by Gasteiger charge is 2.37. The standard InChI is InChI=1S/C13H14FN3O/c14-10-1-2-12-11(3-10)16-13(18-12)17-6-8-4-15-5-9(8)7-17/h1-3,8-9,15H,4-7H2. The lowest BCUT2D eigenvalue weighted by molar-refractivity contribution is 0.533. The first-order valence-corrected chi connectivity index (χ1v) is 6.31. The number of rotatable bonds is 1. The van der Waals surface area contributed by atoms with Gasteiger partial charge in [-0.05, 0) is 24.0 Å². The second-order valence-electron chi connectivity index (χ2n) is 5.19. The van der Waals surface area contributed by atoms with Crippen LogP contribution in [0.4, 0.5) is 10.4 Å². The lowest BCUT2D eigenvalue weighted by Gasteiger charge is -2.13. The van der Waals surface area contributed by atoms with Gasteiger partial charge in [-0.15, -0.1) is 0 Å². The SMILES string of the molecule is Fc1ccc2oc(N3CC4CNCC4C3)nc2c1. The van der Waals surface area contributed by atoms with E-state index in [1.165, 1.54) is 12.1 Å². The van der Waals surface area contributed by atoms with Crippen LogP contribution in [0.5, 0.6) is 0 Å². The van der Waals surface area contributed by atoms with Crippen molar-refractivity contribution >= 4 is 17.1 Å². The molecule has 94 valence electrons. The molecule has 3 heterocycles. The van der Waals surface area contributed by atoms with Crippen molar-refractivity contribution in [2.75, 3.05) is 31.1 Å². The van der Waals surface area contributed by atoms with Gasteiger partial charge in [0, 0.05) is 32.2 Å². The Morgan fingerprint density at radius 1 is 1.28 bits per heavy atom. The van der Waals surface area contributed by atoms with Gasteiger partial charge in [0.1, 0.15) is 11.3 Å². The predicted octanol–water partition coefficient (Wildman–Crippen LogP) is 1.62. The molecule has 4 nitrogen and oxygen atoms in total. The second-order valence-corrected chi connectivity index (χ2v) is 5.19. The van der Waals surface area contributed by atoms with Crippen LogP contribution in [-0.2, 0) is 0 Å². The zero-order chi connectivity index (χ0) is 12.1. The Bertz CT molecular complexity index is 585. The fraction of sp³-hybridized carbons (Fsp3) is 0.462. The monoisotopic (exact) mass is 247 g/mol. The third-order valence-corrected chi connectivity index (χ3v) is 4.00. The summed E-state index contributed by atoms with van der Waals surface area (Å²) < 4.78 is 18.8. The summed E-state index contributed by atoms with van der Waals surface area (Å²) in [7, 11) is 0. The van der Waals surface area contributed by atoms with E-state index in [1.54, 1.807) is 6.07 Å². The topological polar surface area (TPSA) is 41.3 Å². The Morgan fingerprint density at radius 2 is 2.06 bits per heavy atom. The van der Waals surface area contributed by atoms with Crippen LogP contribution in [0.1, 0.15) is 0 Å². The van der Waals surface area contributed by atoms with Crippen LogP contribution in [0, 0.1) is 17.7 Å². The van der Waals surface area contributed by atoms with Crippen molar-refractivity contribution in [3.05, 3.63) is 24.0 Å². The van der Waals surface area contributed by atoms with Crippen molar-refractivity contribution in [1.29, 1.82) is 0 Å². The first kappa shape index (κ1) is 10.3. The summed E-state index contributed by atoms with van der Waals surface area (Å²) >= 11 is 0. The van der Waals surface area contributed by atoms with Gasteiger partial charge in [-0.3, -0.25) is 0 Å². The highest BCUT2D eigenvalue weighted by Crippen LogP contribution is 2.31. The van der Waals surface area contributed by atoms with Crippen molar-refractivity contribution in [3.8, 4) is 0 Å². The number of anilines is 1. The van der Waals surface area contributed by atoms with E-state index in [9.17, 15) is 4.39 Å². The minimum Gasteiger partial charge on any atom is -0.423 e. The Morgan fingerprint density at radius 3 is 2.83 bits per heavy atom. The summed E-state index contributed by atoms with van der Waals surface area (Å²) in [6, 6.07) is 5.09. The van der Waals surface area contributed by atoms with Gasteiger partial charge in [0.15, 0.2) is 5.58 Å². The molecule has 2 aliphatic heterocycles. The molecule has 2 atom stereocenters. The third kappa shape index (κ3) is 1.50. The third-order valence-electron chi connectivity index (χ3n) is 4.00. The number of benzene rings is 1. The molecule has 0 radical (unpaired) electrons. The zero-order valence-corrected chi connectivity index (χ0v) is 9.90. The first-order chi connectivity index (χ1) is 8.79. The van der Waals surface area contributed by atoms with E-state index < -0.39 is 0 Å². The van der Waals surface area contributed by atoms with Crippen LogP contribution in [0.2, 0.25) is 0 Å². The van der Waals surface area contributed by atoms with Gasteiger partial charge in [0.05, 0.1) is 0 Å². The van der Waals surface area contributed by atoms with E-state index in [4.69, 9.17) is 4.42 Å². The first-order valence-electron chi connectivity index (χ1n) is 6.31. The van der Waals surface area contributed by atoms with Gasteiger partial charge in [-0.25, -0.2) is 4.39 Å². The zero-order valence-electron chi connectivity index (χ0n) is 9.90. The van der Waals surface area contributed by atoms with E-state index in [0.29, 0.717) is 29.0 Å². The maximum absolute atomic E-state index is 13.1. The maximum Gasteiger partial charge on any atom is 0.298 e. The van der Waals surface area contributed by atoms with E-state index in [-0.39, 0.29) is 5.82 Å². The molecule has 2 unspecified atom stereocenters. The fourth-order valence-electron chi connectivity index (χ4n) is 3.04. The molecule has 0 amide bonds. The van der Waals surface area contributed by atoms with Crippen molar-refractivity contribution in [3.63, 3.8) is 0 Å². The summed E-state index contributed by atoms with van der Waals surface area (Å²) in [6.45, 7) is 4.12. The molecule has 1 aromatic heterocycles. The quantitative estimate of drug-likeness (QED) is 0.831. The molecular weight excluding hydrogens is 233 g/mol. The highest BCUT2D eigenvalue weighted by molar-refractivity contribution is 5.74. The van der Waals surface area contributed by atoms with E-state index in [2.05, 4.69) is 15.2 Å². The Balaban J connectivity index is 1.67. The summed E-state index contributed by atoms with van der Waals surface area (Å²) in [5.74, 6) is 1.11. The summed E-state index contributed by atoms with van der Waals surface area (Å²) in [5.41, 5.74) is 1.25. The molecule has 2 saturated heterocycles. The Hall–Kier alpha value is -1.62. The molecule has 1 aromatic carbocycles. The molecule has 18 heavy (non-hydrogen) atoms. The molecule has 2 aromatic rings. The van der Waals surface area contributed by atoms with Gasteiger partial charge in [-0.1, -0.05) is 0 Å². The van der Waals surface area contributed by atoms with E-state index in [1.807, 2.05) is 0 Å². The minimum atomic E-state index is -0.273. The van der Waals surface area contributed by atoms with Gasteiger partial charge in [0.25, 0.3) is 6.01 Å². The van der Waals surface area contributed by atoms with Crippen molar-refractivity contribution in [2.24, 2.45) is 11.8 Å². The molecule has 2 aliphatic rings. The highest BCUT2D eigenvalue weighted by atomic mass is 19.1. The molecule has 4 rings (SSSR count). The van der Waals surface area contributed by atoms with Crippen LogP contribution in [0.3, 0.4) is 0 Å². The van der Waals surface area contributed by atoms with Crippen LogP contribution < -0.4 is 10.2 Å². The normalized spacial score (nSPS) is 27.1. The Kier molecular flexibility index (Phi) is 2.11. The smallest absolute Gasteiger partial charge is 0.298 e. The minimum absolute atomic E-state index is 0.273. The summed E-state index contributed by atoms with van der Waals surface area (Å²) in [5, 5.41) is 3.40. The van der Waals surface area contributed by atoms with Gasteiger partial charge >= 0.3 is 0 Å². The number of halogens is 1.